The smallest absolute Gasteiger partial charge is 0.258 e. The van der Waals surface area contributed by atoms with E-state index in [1.807, 2.05) is 24.6 Å². The lowest BCUT2D eigenvalue weighted by molar-refractivity contribution is -0.114. The van der Waals surface area contributed by atoms with Crippen molar-refractivity contribution in [3.63, 3.8) is 0 Å². The first kappa shape index (κ1) is 20.1. The number of hydrogen-bond donors (Lipinski definition) is 1. The molecule has 6 nitrogen and oxygen atoms in total. The molecule has 6 rings (SSSR count). The van der Waals surface area contributed by atoms with E-state index in [1.165, 1.54) is 5.56 Å². The van der Waals surface area contributed by atoms with Gasteiger partial charge in [-0.05, 0) is 54.9 Å². The second kappa shape index (κ2) is 7.25. The number of rotatable bonds is 5. The first-order valence-corrected chi connectivity index (χ1v) is 11.6. The predicted molar refractivity (Wildman–Crippen MR) is 133 cm³/mol. The Kier molecular flexibility index (Phi) is 4.42. The largest absolute Gasteiger partial charge is 0.354 e. The van der Waals surface area contributed by atoms with Crippen LogP contribution in [-0.2, 0) is 17.6 Å². The summed E-state index contributed by atoms with van der Waals surface area (Å²) in [5.74, 6) is 0.0314. The number of aromatic nitrogens is 1. The fraction of sp³-hybridized carbons (Fsp3) is 0.296. The Morgan fingerprint density at radius 1 is 1.12 bits per heavy atom. The van der Waals surface area contributed by atoms with Crippen LogP contribution >= 0.6 is 0 Å². The number of allylic oxidation sites excluding steroid dienone is 1. The van der Waals surface area contributed by atoms with Crippen molar-refractivity contribution < 1.29 is 9.59 Å². The lowest BCUT2D eigenvalue weighted by Crippen LogP contribution is -2.26. The molecule has 0 fully saturated rings. The van der Waals surface area contributed by atoms with Crippen LogP contribution in [0.1, 0.15) is 41.0 Å². The molecule has 3 aliphatic rings. The van der Waals surface area contributed by atoms with E-state index in [9.17, 15) is 9.59 Å². The number of nitrogens with zero attached hydrogens (tertiary/aromatic N) is 3. The number of H-pyrrole nitrogens is 1. The monoisotopic (exact) mass is 438 g/mol. The van der Waals surface area contributed by atoms with Crippen LogP contribution in [0.3, 0.4) is 0 Å². The van der Waals surface area contributed by atoms with Gasteiger partial charge in [0.05, 0.1) is 16.8 Å². The van der Waals surface area contributed by atoms with Crippen LogP contribution in [0.15, 0.2) is 17.1 Å². The molecule has 1 aromatic heterocycles. The third kappa shape index (κ3) is 2.80. The Hall–Kier alpha value is -3.51. The van der Waals surface area contributed by atoms with Crippen molar-refractivity contribution in [1.82, 2.24) is 14.8 Å². The normalized spacial score (nSPS) is 16.1. The zero-order valence-electron chi connectivity index (χ0n) is 19.2. The number of benzene rings is 2. The molecular formula is C27H26N4O2. The molecule has 0 saturated heterocycles. The molecule has 0 atom stereocenters. The summed E-state index contributed by atoms with van der Waals surface area (Å²) in [5.41, 5.74) is 5.66. The molecule has 0 radical (unpaired) electrons. The number of ketones is 1. The maximum Gasteiger partial charge on any atom is 0.258 e. The minimum Gasteiger partial charge on any atom is -0.354 e. The molecule has 0 saturated carbocycles. The summed E-state index contributed by atoms with van der Waals surface area (Å²) in [6.07, 6.45) is 10.5. The van der Waals surface area contributed by atoms with Crippen molar-refractivity contribution in [2.45, 2.75) is 26.7 Å². The van der Waals surface area contributed by atoms with Gasteiger partial charge in [0.25, 0.3) is 5.91 Å². The van der Waals surface area contributed by atoms with Gasteiger partial charge < -0.3 is 14.8 Å². The van der Waals surface area contributed by atoms with Gasteiger partial charge in [-0.25, -0.2) is 0 Å². The lowest BCUT2D eigenvalue weighted by Gasteiger charge is -2.19. The molecule has 6 heteroatoms. The van der Waals surface area contributed by atoms with Gasteiger partial charge in [0, 0.05) is 64.7 Å². The average molecular weight is 439 g/mol. The zero-order valence-corrected chi connectivity index (χ0v) is 19.2. The quantitative estimate of drug-likeness (QED) is 0.666. The fourth-order valence-corrected chi connectivity index (χ4v) is 5.57. The molecule has 3 aromatic rings. The van der Waals surface area contributed by atoms with E-state index >= 15 is 0 Å². The van der Waals surface area contributed by atoms with Gasteiger partial charge in [-0.3, -0.25) is 14.6 Å². The van der Waals surface area contributed by atoms with Crippen LogP contribution < -0.4 is 10.4 Å². The molecule has 0 spiro atoms. The molecular weight excluding hydrogens is 412 g/mol. The highest BCUT2D eigenvalue weighted by Gasteiger charge is 2.31. The van der Waals surface area contributed by atoms with E-state index in [0.29, 0.717) is 12.0 Å². The number of aromatic amines is 1. The average Bonchev–Trinajstić information content (AvgIpc) is 3.50. The molecule has 1 amide bonds. The van der Waals surface area contributed by atoms with E-state index < -0.39 is 0 Å². The molecule has 2 aliphatic heterocycles. The number of nitrogens with one attached hydrogen (secondary N) is 1. The number of likely N-dealkylation sites (N-methyl/N-ethyl adjacent to an activating group) is 1. The van der Waals surface area contributed by atoms with Gasteiger partial charge in [-0.15, -0.1) is 0 Å². The summed E-state index contributed by atoms with van der Waals surface area (Å²) in [6, 6.07) is 2.25. The Morgan fingerprint density at radius 2 is 1.94 bits per heavy atom. The van der Waals surface area contributed by atoms with Crippen molar-refractivity contribution >= 4 is 63.6 Å². The highest BCUT2D eigenvalue weighted by atomic mass is 16.2. The Labute approximate surface area is 191 Å². The standard InChI is InChI=1S/C27H26N4O2/c1-4-31(5-2)11-9-15-12-16-8-10-28-25(16)23-19-14-30(3)27(33)24(19)22-18-13-17(32)6-7-20(18)29-26(22)21(15)23/h6-8,10,12,14,29H,4-5,9,11,13H2,1-3H3. The highest BCUT2D eigenvalue weighted by Crippen LogP contribution is 2.38. The van der Waals surface area contributed by atoms with Crippen molar-refractivity contribution in [2.24, 2.45) is 4.99 Å². The van der Waals surface area contributed by atoms with Crippen molar-refractivity contribution in [3.05, 3.63) is 45.0 Å². The Bertz CT molecular complexity index is 1570. The first-order valence-electron chi connectivity index (χ1n) is 11.6. The number of hydrogen-bond acceptors (Lipinski definition) is 4. The van der Waals surface area contributed by atoms with E-state index in [1.54, 1.807) is 18.0 Å². The predicted octanol–water partition coefficient (Wildman–Crippen LogP) is 2.66. The molecule has 1 aliphatic carbocycles. The van der Waals surface area contributed by atoms with E-state index in [2.05, 4.69) is 29.8 Å². The van der Waals surface area contributed by atoms with Gasteiger partial charge in [-0.2, -0.15) is 0 Å². The van der Waals surface area contributed by atoms with Crippen LogP contribution in [-0.4, -0.2) is 59.4 Å². The molecule has 166 valence electrons. The zero-order chi connectivity index (χ0) is 22.9. The summed E-state index contributed by atoms with van der Waals surface area (Å²) in [7, 11) is 1.80. The third-order valence-electron chi connectivity index (χ3n) is 7.28. The van der Waals surface area contributed by atoms with Crippen LogP contribution in [0, 0.1) is 0 Å². The highest BCUT2D eigenvalue weighted by molar-refractivity contribution is 6.24. The molecule has 0 bridgehead atoms. The molecule has 0 unspecified atom stereocenters. The van der Waals surface area contributed by atoms with Crippen molar-refractivity contribution in [1.29, 1.82) is 0 Å². The summed E-state index contributed by atoms with van der Waals surface area (Å²) in [4.78, 5) is 38.0. The van der Waals surface area contributed by atoms with Gasteiger partial charge in [0.15, 0.2) is 5.78 Å². The second-order valence-electron chi connectivity index (χ2n) is 9.02. The van der Waals surface area contributed by atoms with Gasteiger partial charge in [0.2, 0.25) is 0 Å². The number of carbonyl (C=O) groups excluding carboxylic acids is 2. The van der Waals surface area contributed by atoms with E-state index in [-0.39, 0.29) is 11.7 Å². The van der Waals surface area contributed by atoms with E-state index in [0.717, 1.165) is 75.1 Å². The summed E-state index contributed by atoms with van der Waals surface area (Å²) >= 11 is 0. The van der Waals surface area contributed by atoms with Gasteiger partial charge in [-0.1, -0.05) is 13.8 Å². The number of aliphatic imine (C=N–C) groups is 1. The number of fused-ring (bicyclic) bond motifs is 10. The summed E-state index contributed by atoms with van der Waals surface area (Å²) < 4.78 is 0. The summed E-state index contributed by atoms with van der Waals surface area (Å²) in [6.45, 7) is 7.36. The number of carbonyl (C=O) groups is 2. The van der Waals surface area contributed by atoms with Crippen molar-refractivity contribution in [2.75, 3.05) is 26.7 Å². The third-order valence-corrected chi connectivity index (χ3v) is 7.28. The minimum atomic E-state index is -0.0334. The molecule has 3 heterocycles. The molecule has 2 aromatic carbocycles. The van der Waals surface area contributed by atoms with Crippen LogP contribution in [0.2, 0.25) is 0 Å². The maximum atomic E-state index is 13.3. The topological polar surface area (TPSA) is 68.8 Å². The van der Waals surface area contributed by atoms with Gasteiger partial charge in [0.1, 0.15) is 0 Å². The fourth-order valence-electron chi connectivity index (χ4n) is 5.57. The van der Waals surface area contributed by atoms with Gasteiger partial charge >= 0.3 is 0 Å². The minimum absolute atomic E-state index is 0.0334. The molecule has 33 heavy (non-hydrogen) atoms. The SMILES string of the molecule is CCN(CC)CCc1cc2c(c3c4c(c5c6c([nH]c5c13)C=CC(=O)C6)C(=O)N(C)C=4)N=CC=2. The van der Waals surface area contributed by atoms with Crippen LogP contribution in [0.5, 0.6) is 0 Å². The maximum absolute atomic E-state index is 13.3. The Balaban J connectivity index is 1.77. The lowest BCUT2D eigenvalue weighted by atomic mass is 9.90. The van der Waals surface area contributed by atoms with Crippen LogP contribution in [0.4, 0.5) is 5.69 Å². The summed E-state index contributed by atoms with van der Waals surface area (Å²) in [5, 5.41) is 5.06. The molecule has 1 N–H and O–H groups in total. The number of amides is 1. The van der Waals surface area contributed by atoms with Crippen molar-refractivity contribution in [3.8, 4) is 0 Å². The second-order valence-corrected chi connectivity index (χ2v) is 9.02. The first-order chi connectivity index (χ1) is 16.0. The van der Waals surface area contributed by atoms with Crippen LogP contribution in [0.25, 0.3) is 40.0 Å². The Morgan fingerprint density at radius 3 is 2.73 bits per heavy atom. The van der Waals surface area contributed by atoms with E-state index in [4.69, 9.17) is 4.99 Å².